The molecule has 2 aromatic carbocycles. The van der Waals surface area contributed by atoms with E-state index in [0.29, 0.717) is 21.9 Å². The van der Waals surface area contributed by atoms with Crippen molar-refractivity contribution in [3.63, 3.8) is 0 Å². The summed E-state index contributed by atoms with van der Waals surface area (Å²) < 4.78 is 0. The van der Waals surface area contributed by atoms with Gasteiger partial charge in [-0.05, 0) is 105 Å². The molecule has 2 amide bonds. The number of nitrogens with zero attached hydrogens (tertiary/aromatic N) is 2. The van der Waals surface area contributed by atoms with E-state index in [4.69, 9.17) is 11.6 Å². The van der Waals surface area contributed by atoms with Crippen molar-refractivity contribution < 1.29 is 9.59 Å². The Bertz CT molecular complexity index is 1150. The molecule has 0 aromatic heterocycles. The molecular weight excluding hydrogens is 452 g/mol. The molecule has 1 atom stereocenters. The molecule has 0 N–H and O–H groups in total. The molecule has 0 saturated carbocycles. The summed E-state index contributed by atoms with van der Waals surface area (Å²) in [5.41, 5.74) is 5.51. The predicted molar refractivity (Wildman–Crippen MR) is 139 cm³/mol. The van der Waals surface area contributed by atoms with Crippen LogP contribution >= 0.6 is 23.4 Å². The standard InChI is InChI=1S/C27H31ClN2O2S/c1-16(2)30-23-11-17(3)20(12-21(23)18(4)14-27(30,5)6)13-24-25(31)29(26(32)33-24)15-19-9-7-8-10-22(19)28/h7-13,16,18H,14-15H2,1-6H3/b24-13-/t18-/m1/s1. The zero-order chi connectivity index (χ0) is 24.1. The van der Waals surface area contributed by atoms with Gasteiger partial charge in [-0.25, -0.2) is 0 Å². The number of imide groups is 1. The van der Waals surface area contributed by atoms with Crippen LogP contribution in [0.25, 0.3) is 6.08 Å². The van der Waals surface area contributed by atoms with E-state index < -0.39 is 0 Å². The average molecular weight is 483 g/mol. The first-order chi connectivity index (χ1) is 15.5. The number of fused-ring (bicyclic) bond motifs is 1. The van der Waals surface area contributed by atoms with Crippen LogP contribution in [0, 0.1) is 6.92 Å². The molecule has 1 fully saturated rings. The van der Waals surface area contributed by atoms with Gasteiger partial charge in [0.15, 0.2) is 0 Å². The predicted octanol–water partition coefficient (Wildman–Crippen LogP) is 7.39. The fourth-order valence-electron chi connectivity index (χ4n) is 5.32. The van der Waals surface area contributed by atoms with Crippen LogP contribution in [0.1, 0.15) is 69.2 Å². The fourth-order valence-corrected chi connectivity index (χ4v) is 6.35. The smallest absolute Gasteiger partial charge is 0.293 e. The number of thioether (sulfide) groups is 1. The molecule has 2 heterocycles. The van der Waals surface area contributed by atoms with Crippen LogP contribution in [0.5, 0.6) is 0 Å². The summed E-state index contributed by atoms with van der Waals surface area (Å²) in [5.74, 6) is 0.146. The summed E-state index contributed by atoms with van der Waals surface area (Å²) in [4.78, 5) is 30.0. The van der Waals surface area contributed by atoms with Gasteiger partial charge in [-0.1, -0.05) is 36.7 Å². The first-order valence-electron chi connectivity index (χ1n) is 11.4. The molecule has 0 spiro atoms. The third kappa shape index (κ3) is 4.45. The summed E-state index contributed by atoms with van der Waals surface area (Å²) in [5, 5.41) is 0.292. The van der Waals surface area contributed by atoms with Crippen molar-refractivity contribution in [1.82, 2.24) is 4.90 Å². The van der Waals surface area contributed by atoms with Gasteiger partial charge in [0.25, 0.3) is 11.1 Å². The van der Waals surface area contributed by atoms with Crippen LogP contribution in [-0.2, 0) is 11.3 Å². The highest BCUT2D eigenvalue weighted by atomic mass is 35.5. The molecule has 174 valence electrons. The molecule has 1 saturated heterocycles. The highest BCUT2D eigenvalue weighted by Gasteiger charge is 2.39. The van der Waals surface area contributed by atoms with Crippen molar-refractivity contribution in [2.45, 2.75) is 72.0 Å². The Morgan fingerprint density at radius 2 is 1.91 bits per heavy atom. The molecular formula is C27H31ClN2O2S. The number of hydrogen-bond acceptors (Lipinski definition) is 4. The monoisotopic (exact) mass is 482 g/mol. The zero-order valence-electron chi connectivity index (χ0n) is 20.1. The lowest BCUT2D eigenvalue weighted by molar-refractivity contribution is -0.123. The second kappa shape index (κ2) is 8.84. The second-order valence-corrected chi connectivity index (χ2v) is 11.4. The van der Waals surface area contributed by atoms with Gasteiger partial charge in [0, 0.05) is 22.3 Å². The number of halogens is 1. The van der Waals surface area contributed by atoms with Gasteiger partial charge < -0.3 is 4.90 Å². The number of carbonyl (C=O) groups is 2. The van der Waals surface area contributed by atoms with E-state index in [1.807, 2.05) is 24.3 Å². The van der Waals surface area contributed by atoms with Gasteiger partial charge in [0.05, 0.1) is 11.4 Å². The highest BCUT2D eigenvalue weighted by Crippen LogP contribution is 2.46. The number of amides is 2. The lowest BCUT2D eigenvalue weighted by Gasteiger charge is -2.50. The van der Waals surface area contributed by atoms with Gasteiger partial charge in [-0.3, -0.25) is 14.5 Å². The SMILES string of the molecule is Cc1cc2c(cc1/C=C1\SC(=O)N(Cc3ccccc3Cl)C1=O)[C@H](C)CC(C)(C)N2C(C)C. The maximum atomic E-state index is 13.1. The molecule has 6 heteroatoms. The molecule has 0 aliphatic carbocycles. The number of rotatable bonds is 4. The molecule has 0 bridgehead atoms. The topological polar surface area (TPSA) is 40.6 Å². The lowest BCUT2D eigenvalue weighted by Crippen LogP contribution is -2.51. The zero-order valence-corrected chi connectivity index (χ0v) is 21.7. The van der Waals surface area contributed by atoms with Gasteiger partial charge in [0.1, 0.15) is 0 Å². The maximum Gasteiger partial charge on any atom is 0.293 e. The summed E-state index contributed by atoms with van der Waals surface area (Å²) in [6, 6.07) is 12.1. The third-order valence-corrected chi connectivity index (χ3v) is 7.90. The van der Waals surface area contributed by atoms with Crippen LogP contribution in [0.4, 0.5) is 10.5 Å². The highest BCUT2D eigenvalue weighted by molar-refractivity contribution is 8.18. The van der Waals surface area contributed by atoms with Crippen LogP contribution < -0.4 is 4.90 Å². The summed E-state index contributed by atoms with van der Waals surface area (Å²) in [6.07, 6.45) is 2.94. The van der Waals surface area contributed by atoms with E-state index in [2.05, 4.69) is 58.6 Å². The Morgan fingerprint density at radius 1 is 1.21 bits per heavy atom. The Balaban J connectivity index is 1.68. The first kappa shape index (κ1) is 23.9. The van der Waals surface area contributed by atoms with Crippen molar-refractivity contribution in [2.24, 2.45) is 0 Å². The van der Waals surface area contributed by atoms with E-state index in [9.17, 15) is 9.59 Å². The third-order valence-electron chi connectivity index (χ3n) is 6.63. The van der Waals surface area contributed by atoms with Crippen molar-refractivity contribution in [3.05, 3.63) is 68.6 Å². The minimum Gasteiger partial charge on any atom is -0.364 e. The van der Waals surface area contributed by atoms with E-state index in [1.54, 1.807) is 6.07 Å². The normalized spacial score (nSPS) is 21.3. The van der Waals surface area contributed by atoms with E-state index in [-0.39, 0.29) is 23.2 Å². The van der Waals surface area contributed by atoms with Crippen LogP contribution in [0.2, 0.25) is 5.02 Å². The van der Waals surface area contributed by atoms with E-state index in [0.717, 1.165) is 34.9 Å². The van der Waals surface area contributed by atoms with Crippen LogP contribution in [-0.4, -0.2) is 27.6 Å². The van der Waals surface area contributed by atoms with Crippen molar-refractivity contribution in [3.8, 4) is 0 Å². The van der Waals surface area contributed by atoms with Gasteiger partial charge in [0.2, 0.25) is 0 Å². The number of benzene rings is 2. The van der Waals surface area contributed by atoms with Crippen LogP contribution in [0.15, 0.2) is 41.3 Å². The molecule has 0 radical (unpaired) electrons. The average Bonchev–Trinajstić information content (AvgIpc) is 2.97. The Labute approximate surface area is 206 Å². The summed E-state index contributed by atoms with van der Waals surface area (Å²) in [7, 11) is 0. The molecule has 4 rings (SSSR count). The Kier molecular flexibility index (Phi) is 6.41. The molecule has 33 heavy (non-hydrogen) atoms. The van der Waals surface area contributed by atoms with Crippen molar-refractivity contribution in [2.75, 3.05) is 4.90 Å². The number of aryl methyl sites for hydroxylation is 1. The summed E-state index contributed by atoms with van der Waals surface area (Å²) >= 11 is 7.24. The minimum atomic E-state index is -0.264. The van der Waals surface area contributed by atoms with Gasteiger partial charge in [-0.2, -0.15) is 0 Å². The number of hydrogen-bond donors (Lipinski definition) is 0. The molecule has 2 aliphatic heterocycles. The fraction of sp³-hybridized carbons (Fsp3) is 0.407. The Hall–Kier alpha value is -2.24. The molecule has 2 aromatic rings. The molecule has 4 nitrogen and oxygen atoms in total. The lowest BCUT2D eigenvalue weighted by atomic mass is 9.78. The van der Waals surface area contributed by atoms with Crippen LogP contribution in [0.3, 0.4) is 0 Å². The second-order valence-electron chi connectivity index (χ2n) is 10.0. The minimum absolute atomic E-state index is 0.0793. The van der Waals surface area contributed by atoms with E-state index >= 15 is 0 Å². The number of carbonyl (C=O) groups excluding carboxylic acids is 2. The molecule has 0 unspecified atom stereocenters. The van der Waals surface area contributed by atoms with Gasteiger partial charge in [-0.15, -0.1) is 0 Å². The number of anilines is 1. The van der Waals surface area contributed by atoms with Gasteiger partial charge >= 0.3 is 0 Å². The quantitative estimate of drug-likeness (QED) is 0.426. The summed E-state index contributed by atoms with van der Waals surface area (Å²) in [6.45, 7) is 13.6. The van der Waals surface area contributed by atoms with Crippen molar-refractivity contribution in [1.29, 1.82) is 0 Å². The van der Waals surface area contributed by atoms with Crippen molar-refractivity contribution >= 4 is 46.3 Å². The largest absolute Gasteiger partial charge is 0.364 e. The molecule has 2 aliphatic rings. The Morgan fingerprint density at radius 3 is 2.58 bits per heavy atom. The maximum absolute atomic E-state index is 13.1. The first-order valence-corrected chi connectivity index (χ1v) is 12.6. The van der Waals surface area contributed by atoms with E-state index in [1.165, 1.54) is 16.2 Å².